The van der Waals surface area contributed by atoms with Crippen LogP contribution in [0.15, 0.2) is 0 Å². The Labute approximate surface area is 173 Å². The number of rotatable bonds is 4. The molecule has 2 nitrogen and oxygen atoms in total. The maximum atomic E-state index is 5.63. The van der Waals surface area contributed by atoms with Gasteiger partial charge in [-0.15, -0.1) is 0 Å². The van der Waals surface area contributed by atoms with Gasteiger partial charge >= 0.3 is 0 Å². The van der Waals surface area contributed by atoms with E-state index in [0.29, 0.717) is 10.5 Å². The molecule has 2 atom stereocenters. The molecule has 2 aliphatic heterocycles. The predicted molar refractivity (Wildman–Crippen MR) is 123 cm³/mol. The molecule has 24 heavy (non-hydrogen) atoms. The highest BCUT2D eigenvalue weighted by atomic mass is 33.1. The van der Waals surface area contributed by atoms with E-state index in [0.717, 1.165) is 34.8 Å². The van der Waals surface area contributed by atoms with E-state index in [-0.39, 0.29) is 0 Å². The summed E-state index contributed by atoms with van der Waals surface area (Å²) in [5, 5.41) is 1.42. The molecule has 0 spiro atoms. The molecule has 1 saturated carbocycles. The zero-order valence-corrected chi connectivity index (χ0v) is 18.9. The predicted octanol–water partition coefficient (Wildman–Crippen LogP) is 5.82. The summed E-state index contributed by atoms with van der Waals surface area (Å²) in [6.45, 7) is 4.65. The highest BCUT2D eigenvalue weighted by Gasteiger charge is 2.29. The highest BCUT2D eigenvalue weighted by molar-refractivity contribution is 8.85. The van der Waals surface area contributed by atoms with Crippen molar-refractivity contribution < 1.29 is 0 Å². The molecule has 0 aromatic heterocycles. The van der Waals surface area contributed by atoms with Gasteiger partial charge in [-0.25, -0.2) is 0 Å². The van der Waals surface area contributed by atoms with Crippen molar-refractivity contribution in [2.45, 2.75) is 61.9 Å². The summed E-state index contributed by atoms with van der Waals surface area (Å²) in [6, 6.07) is 0. The van der Waals surface area contributed by atoms with Gasteiger partial charge in [0.25, 0.3) is 0 Å². The standard InChI is InChI=1S/C16H26N2S6/c19-15(17-9-3-4-10-17)23-21-13-7-1-2-8-14(13)22-24-16(20)18-11-5-6-12-18/h13-14H,1-12H2. The van der Waals surface area contributed by atoms with E-state index in [2.05, 4.69) is 9.80 Å². The SMILES string of the molecule is S=C(SSC1CCCCC1SSC(=S)N1CCCC1)N1CCCC1. The average molecular weight is 439 g/mol. The van der Waals surface area contributed by atoms with Crippen molar-refractivity contribution in [3.05, 3.63) is 0 Å². The third-order valence-electron chi connectivity index (χ3n) is 4.86. The second-order valence-electron chi connectivity index (χ2n) is 6.64. The van der Waals surface area contributed by atoms with E-state index in [1.54, 1.807) is 0 Å². The average Bonchev–Trinajstić information content (AvgIpc) is 3.31. The Hall–Kier alpha value is 1.18. The number of nitrogens with zero attached hydrogens (tertiary/aromatic N) is 2. The molecular formula is C16H26N2S6. The molecule has 2 unspecified atom stereocenters. The van der Waals surface area contributed by atoms with Crippen LogP contribution in [0, 0.1) is 0 Å². The molecule has 2 heterocycles. The van der Waals surface area contributed by atoms with Crippen LogP contribution in [0.3, 0.4) is 0 Å². The van der Waals surface area contributed by atoms with E-state index in [1.165, 1.54) is 51.4 Å². The molecule has 0 radical (unpaired) electrons. The maximum absolute atomic E-state index is 5.63. The van der Waals surface area contributed by atoms with Gasteiger partial charge in [0.15, 0.2) is 0 Å². The molecule has 136 valence electrons. The van der Waals surface area contributed by atoms with Gasteiger partial charge in [0, 0.05) is 36.7 Å². The van der Waals surface area contributed by atoms with Gasteiger partial charge in [0.2, 0.25) is 0 Å². The van der Waals surface area contributed by atoms with Crippen LogP contribution in [0.1, 0.15) is 51.4 Å². The lowest BCUT2D eigenvalue weighted by Gasteiger charge is -2.31. The number of hydrogen-bond donors (Lipinski definition) is 0. The summed E-state index contributed by atoms with van der Waals surface area (Å²) in [6.07, 6.45) is 10.6. The fourth-order valence-corrected chi connectivity index (χ4v) is 10.5. The Bertz CT molecular complexity index is 394. The summed E-state index contributed by atoms with van der Waals surface area (Å²) >= 11 is 11.3. The number of thiocarbonyl (C=S) groups is 2. The van der Waals surface area contributed by atoms with Crippen molar-refractivity contribution in [3.63, 3.8) is 0 Å². The minimum Gasteiger partial charge on any atom is -0.357 e. The van der Waals surface area contributed by atoms with E-state index in [1.807, 2.05) is 43.2 Å². The Morgan fingerprint density at radius 3 is 1.38 bits per heavy atom. The van der Waals surface area contributed by atoms with Crippen LogP contribution < -0.4 is 0 Å². The number of hydrogen-bond acceptors (Lipinski definition) is 6. The van der Waals surface area contributed by atoms with E-state index in [9.17, 15) is 0 Å². The Kier molecular flexibility index (Phi) is 8.72. The molecule has 0 amide bonds. The summed E-state index contributed by atoms with van der Waals surface area (Å²) in [7, 11) is 7.76. The first kappa shape index (κ1) is 19.9. The molecule has 0 bridgehead atoms. The Morgan fingerprint density at radius 1 is 0.625 bits per heavy atom. The molecule has 3 rings (SSSR count). The van der Waals surface area contributed by atoms with Gasteiger partial charge in [-0.05, 0) is 60.1 Å². The summed E-state index contributed by atoms with van der Waals surface area (Å²) < 4.78 is 2.21. The molecule has 8 heteroatoms. The van der Waals surface area contributed by atoms with Gasteiger partial charge in [0.1, 0.15) is 8.64 Å². The highest BCUT2D eigenvalue weighted by Crippen LogP contribution is 2.46. The van der Waals surface area contributed by atoms with Crippen molar-refractivity contribution in [2.75, 3.05) is 26.2 Å². The minimum absolute atomic E-state index is 0.711. The summed E-state index contributed by atoms with van der Waals surface area (Å²) in [5.41, 5.74) is 0. The van der Waals surface area contributed by atoms with Crippen LogP contribution >= 0.6 is 67.6 Å². The topological polar surface area (TPSA) is 6.48 Å². The zero-order valence-electron chi connectivity index (χ0n) is 14.0. The first-order valence-electron chi connectivity index (χ1n) is 8.98. The fourth-order valence-electron chi connectivity index (χ4n) is 3.39. The van der Waals surface area contributed by atoms with Crippen molar-refractivity contribution >= 4 is 76.3 Å². The van der Waals surface area contributed by atoms with Crippen LogP contribution in [-0.4, -0.2) is 55.1 Å². The first-order valence-corrected chi connectivity index (χ1v) is 14.2. The van der Waals surface area contributed by atoms with Gasteiger partial charge in [0.05, 0.1) is 0 Å². The normalized spacial score (nSPS) is 27.7. The largest absolute Gasteiger partial charge is 0.357 e. The lowest BCUT2D eigenvalue weighted by Crippen LogP contribution is -2.27. The van der Waals surface area contributed by atoms with Crippen LogP contribution in [0.4, 0.5) is 0 Å². The third-order valence-corrected chi connectivity index (χ3v) is 12.3. The van der Waals surface area contributed by atoms with Crippen LogP contribution in [0.5, 0.6) is 0 Å². The lowest BCUT2D eigenvalue weighted by molar-refractivity contribution is 0.530. The molecule has 0 aromatic rings. The van der Waals surface area contributed by atoms with E-state index < -0.39 is 0 Å². The zero-order chi connectivity index (χ0) is 16.8. The van der Waals surface area contributed by atoms with Crippen molar-refractivity contribution in [3.8, 4) is 0 Å². The van der Waals surface area contributed by atoms with E-state index in [4.69, 9.17) is 24.4 Å². The summed E-state index contributed by atoms with van der Waals surface area (Å²) in [5.74, 6) is 0. The Morgan fingerprint density at radius 2 is 1.00 bits per heavy atom. The molecule has 1 aliphatic carbocycles. The molecule has 2 saturated heterocycles. The van der Waals surface area contributed by atoms with Gasteiger partial charge in [-0.2, -0.15) is 0 Å². The van der Waals surface area contributed by atoms with Gasteiger partial charge in [-0.1, -0.05) is 58.9 Å². The quantitative estimate of drug-likeness (QED) is 0.395. The monoisotopic (exact) mass is 438 g/mol. The third kappa shape index (κ3) is 5.84. The first-order chi connectivity index (χ1) is 11.7. The molecule has 3 aliphatic rings. The minimum atomic E-state index is 0.711. The molecule has 3 fully saturated rings. The molecule has 0 N–H and O–H groups in total. The molecule has 0 aromatic carbocycles. The fraction of sp³-hybridized carbons (Fsp3) is 0.875. The molecular weight excluding hydrogens is 413 g/mol. The summed E-state index contributed by atoms with van der Waals surface area (Å²) in [4.78, 5) is 4.77. The Balaban J connectivity index is 1.42. The van der Waals surface area contributed by atoms with Crippen molar-refractivity contribution in [1.29, 1.82) is 0 Å². The van der Waals surface area contributed by atoms with Gasteiger partial charge < -0.3 is 9.80 Å². The van der Waals surface area contributed by atoms with Crippen molar-refractivity contribution in [2.24, 2.45) is 0 Å². The van der Waals surface area contributed by atoms with Crippen molar-refractivity contribution in [1.82, 2.24) is 9.80 Å². The van der Waals surface area contributed by atoms with Crippen LogP contribution in [-0.2, 0) is 0 Å². The van der Waals surface area contributed by atoms with Gasteiger partial charge in [-0.3, -0.25) is 0 Å². The van der Waals surface area contributed by atoms with Crippen LogP contribution in [0.25, 0.3) is 0 Å². The smallest absolute Gasteiger partial charge is 0.147 e. The van der Waals surface area contributed by atoms with Crippen LogP contribution in [0.2, 0.25) is 0 Å². The lowest BCUT2D eigenvalue weighted by atomic mass is 10.00. The number of likely N-dealkylation sites (tertiary alicyclic amines) is 2. The second-order valence-corrected chi connectivity index (χ2v) is 12.8. The second kappa shape index (κ2) is 10.5. The maximum Gasteiger partial charge on any atom is 0.147 e. The van der Waals surface area contributed by atoms with E-state index >= 15 is 0 Å².